The Hall–Kier alpha value is -1.56. The molecule has 0 aliphatic heterocycles. The quantitative estimate of drug-likeness (QED) is 0.868. The molecular formula is C14H16F3NO2. The van der Waals surface area contributed by atoms with Crippen LogP contribution in [0.2, 0.25) is 0 Å². The number of hydrogen-bond donors (Lipinski definition) is 1. The van der Waals surface area contributed by atoms with E-state index in [9.17, 15) is 23.1 Å². The third kappa shape index (κ3) is 2.95. The van der Waals surface area contributed by atoms with Crippen molar-refractivity contribution in [3.8, 4) is 0 Å². The van der Waals surface area contributed by atoms with E-state index in [4.69, 9.17) is 0 Å². The first kappa shape index (κ1) is 14.8. The van der Waals surface area contributed by atoms with Gasteiger partial charge in [0.25, 0.3) is 5.91 Å². The third-order valence-electron chi connectivity index (χ3n) is 3.64. The van der Waals surface area contributed by atoms with Gasteiger partial charge in [0.1, 0.15) is 0 Å². The first-order valence-corrected chi connectivity index (χ1v) is 6.45. The van der Waals surface area contributed by atoms with Crippen molar-refractivity contribution in [2.45, 2.75) is 31.3 Å². The van der Waals surface area contributed by atoms with Gasteiger partial charge in [0.2, 0.25) is 0 Å². The van der Waals surface area contributed by atoms with Crippen LogP contribution in [0.5, 0.6) is 0 Å². The number of likely N-dealkylation sites (N-methyl/N-ethyl adjacent to an activating group) is 1. The van der Waals surface area contributed by atoms with Gasteiger partial charge in [-0.25, -0.2) is 13.2 Å². The van der Waals surface area contributed by atoms with E-state index in [0.29, 0.717) is 25.0 Å². The molecule has 1 saturated carbocycles. The minimum absolute atomic E-state index is 0.0897. The molecule has 0 spiro atoms. The van der Waals surface area contributed by atoms with Crippen molar-refractivity contribution in [1.29, 1.82) is 0 Å². The van der Waals surface area contributed by atoms with Gasteiger partial charge in [0, 0.05) is 19.2 Å². The van der Waals surface area contributed by atoms with Crippen LogP contribution in [-0.4, -0.2) is 35.1 Å². The van der Waals surface area contributed by atoms with Crippen LogP contribution < -0.4 is 0 Å². The normalized spacial score (nSPS) is 17.2. The zero-order chi connectivity index (χ0) is 14.9. The van der Waals surface area contributed by atoms with Gasteiger partial charge in [-0.3, -0.25) is 4.79 Å². The van der Waals surface area contributed by atoms with Gasteiger partial charge >= 0.3 is 0 Å². The summed E-state index contributed by atoms with van der Waals surface area (Å²) >= 11 is 0. The molecule has 1 aromatic carbocycles. The summed E-state index contributed by atoms with van der Waals surface area (Å²) in [6.45, 7) is 0.0897. The molecule has 0 heterocycles. The summed E-state index contributed by atoms with van der Waals surface area (Å²) in [6.07, 6.45) is 2.96. The SMILES string of the molecule is CN(CC1(O)CCCC1)C(=O)c1cc(F)c(F)c(F)c1. The summed E-state index contributed by atoms with van der Waals surface area (Å²) in [5.74, 6) is -5.05. The molecule has 1 fully saturated rings. The lowest BCUT2D eigenvalue weighted by molar-refractivity contribution is 0.0156. The summed E-state index contributed by atoms with van der Waals surface area (Å²) in [6, 6.07) is 1.33. The van der Waals surface area contributed by atoms with Crippen molar-refractivity contribution >= 4 is 5.91 Å². The standard InChI is InChI=1S/C14H16F3NO2/c1-18(8-14(20)4-2-3-5-14)13(19)9-6-10(15)12(17)11(16)7-9/h6-7,20H,2-5,8H2,1H3. The molecule has 1 aliphatic carbocycles. The Balaban J connectivity index is 2.14. The summed E-state index contributed by atoms with van der Waals surface area (Å²) in [4.78, 5) is 13.3. The van der Waals surface area contributed by atoms with Crippen molar-refractivity contribution in [3.05, 3.63) is 35.1 Å². The highest BCUT2D eigenvalue weighted by Crippen LogP contribution is 2.30. The maximum absolute atomic E-state index is 13.1. The summed E-state index contributed by atoms with van der Waals surface area (Å²) in [5.41, 5.74) is -1.22. The van der Waals surface area contributed by atoms with Crippen molar-refractivity contribution in [1.82, 2.24) is 4.90 Å². The maximum Gasteiger partial charge on any atom is 0.253 e. The number of carbonyl (C=O) groups is 1. The Bertz CT molecular complexity index is 504. The van der Waals surface area contributed by atoms with Crippen LogP contribution in [0, 0.1) is 17.5 Å². The molecule has 20 heavy (non-hydrogen) atoms. The van der Waals surface area contributed by atoms with Gasteiger partial charge in [-0.2, -0.15) is 0 Å². The van der Waals surface area contributed by atoms with Gasteiger partial charge in [-0.15, -0.1) is 0 Å². The number of carbonyl (C=O) groups excluding carboxylic acids is 1. The van der Waals surface area contributed by atoms with Crippen LogP contribution >= 0.6 is 0 Å². The smallest absolute Gasteiger partial charge is 0.253 e. The molecule has 1 aliphatic rings. The Labute approximate surface area is 115 Å². The van der Waals surface area contributed by atoms with Crippen molar-refractivity contribution in [3.63, 3.8) is 0 Å². The molecule has 0 radical (unpaired) electrons. The lowest BCUT2D eigenvalue weighted by Crippen LogP contribution is -2.42. The topological polar surface area (TPSA) is 40.5 Å². The highest BCUT2D eigenvalue weighted by molar-refractivity contribution is 5.94. The fourth-order valence-electron chi connectivity index (χ4n) is 2.60. The molecule has 6 heteroatoms. The number of benzene rings is 1. The maximum atomic E-state index is 13.1. The fourth-order valence-corrected chi connectivity index (χ4v) is 2.60. The van der Waals surface area contributed by atoms with E-state index in [0.717, 1.165) is 12.8 Å². The number of halogens is 3. The average molecular weight is 287 g/mol. The van der Waals surface area contributed by atoms with Crippen LogP contribution in [-0.2, 0) is 0 Å². The largest absolute Gasteiger partial charge is 0.388 e. The molecule has 110 valence electrons. The molecule has 0 aromatic heterocycles. The lowest BCUT2D eigenvalue weighted by atomic mass is 10.0. The number of nitrogens with zero attached hydrogens (tertiary/aromatic N) is 1. The molecular weight excluding hydrogens is 271 g/mol. The fraction of sp³-hybridized carbons (Fsp3) is 0.500. The molecule has 3 nitrogen and oxygen atoms in total. The van der Waals surface area contributed by atoms with Gasteiger partial charge in [0.15, 0.2) is 17.5 Å². The average Bonchev–Trinajstić information content (AvgIpc) is 2.80. The first-order valence-electron chi connectivity index (χ1n) is 6.45. The molecule has 0 atom stereocenters. The van der Waals surface area contributed by atoms with Crippen LogP contribution in [0.25, 0.3) is 0 Å². The lowest BCUT2D eigenvalue weighted by Gasteiger charge is -2.28. The molecule has 1 aromatic rings. The van der Waals surface area contributed by atoms with Crippen LogP contribution in [0.3, 0.4) is 0 Å². The summed E-state index contributed by atoms with van der Waals surface area (Å²) < 4.78 is 39.1. The zero-order valence-corrected chi connectivity index (χ0v) is 11.1. The van der Waals surface area contributed by atoms with Crippen molar-refractivity contribution in [2.24, 2.45) is 0 Å². The van der Waals surface area contributed by atoms with Gasteiger partial charge in [0.05, 0.1) is 5.60 Å². The van der Waals surface area contributed by atoms with E-state index < -0.39 is 29.0 Å². The van der Waals surface area contributed by atoms with Gasteiger partial charge < -0.3 is 10.0 Å². The number of hydrogen-bond acceptors (Lipinski definition) is 2. The van der Waals surface area contributed by atoms with Crippen LogP contribution in [0.1, 0.15) is 36.0 Å². The second kappa shape index (κ2) is 5.44. The second-order valence-electron chi connectivity index (χ2n) is 5.35. The molecule has 1 N–H and O–H groups in total. The minimum Gasteiger partial charge on any atom is -0.388 e. The van der Waals surface area contributed by atoms with E-state index in [-0.39, 0.29) is 12.1 Å². The Morgan fingerprint density at radius 2 is 1.75 bits per heavy atom. The predicted molar refractivity (Wildman–Crippen MR) is 66.7 cm³/mol. The number of amides is 1. The number of aliphatic hydroxyl groups is 1. The Morgan fingerprint density at radius 1 is 1.25 bits per heavy atom. The van der Waals surface area contributed by atoms with Crippen LogP contribution in [0.15, 0.2) is 12.1 Å². The van der Waals surface area contributed by atoms with Gasteiger partial charge in [-0.1, -0.05) is 12.8 Å². The Kier molecular flexibility index (Phi) is 4.04. The number of rotatable bonds is 3. The molecule has 0 unspecified atom stereocenters. The molecule has 1 amide bonds. The summed E-state index contributed by atoms with van der Waals surface area (Å²) in [5, 5.41) is 10.2. The van der Waals surface area contributed by atoms with Gasteiger partial charge in [-0.05, 0) is 25.0 Å². The van der Waals surface area contributed by atoms with Crippen molar-refractivity contribution in [2.75, 3.05) is 13.6 Å². The molecule has 0 saturated heterocycles. The van der Waals surface area contributed by atoms with E-state index >= 15 is 0 Å². The zero-order valence-electron chi connectivity index (χ0n) is 11.1. The molecule has 2 rings (SSSR count). The van der Waals surface area contributed by atoms with E-state index in [2.05, 4.69) is 0 Å². The molecule has 0 bridgehead atoms. The van der Waals surface area contributed by atoms with E-state index in [1.54, 1.807) is 0 Å². The third-order valence-corrected chi connectivity index (χ3v) is 3.64. The summed E-state index contributed by atoms with van der Waals surface area (Å²) in [7, 11) is 1.44. The second-order valence-corrected chi connectivity index (χ2v) is 5.35. The monoisotopic (exact) mass is 287 g/mol. The minimum atomic E-state index is -1.60. The highest BCUT2D eigenvalue weighted by Gasteiger charge is 2.33. The van der Waals surface area contributed by atoms with E-state index in [1.807, 2.05) is 0 Å². The van der Waals surface area contributed by atoms with Crippen LogP contribution in [0.4, 0.5) is 13.2 Å². The highest BCUT2D eigenvalue weighted by atomic mass is 19.2. The van der Waals surface area contributed by atoms with E-state index in [1.165, 1.54) is 11.9 Å². The first-order chi connectivity index (χ1) is 9.32. The predicted octanol–water partition coefficient (Wildman–Crippen LogP) is 2.48. The van der Waals surface area contributed by atoms with Crippen molar-refractivity contribution < 1.29 is 23.1 Å². The Morgan fingerprint density at radius 3 is 2.25 bits per heavy atom.